The number of rotatable bonds is 7. The standard InChI is InChI=1S/C15H30N2/c1-5-7-17(8-6-12(2)3)11-15-13-9-16(4)10-14(13)15/h12-15H,5-11H2,1-4H3. The maximum Gasteiger partial charge on any atom is 0.00161 e. The molecule has 2 atom stereocenters. The van der Waals surface area contributed by atoms with Crippen LogP contribution in [0.3, 0.4) is 0 Å². The van der Waals surface area contributed by atoms with Crippen molar-refractivity contribution in [3.05, 3.63) is 0 Å². The molecular formula is C15H30N2. The van der Waals surface area contributed by atoms with Crippen molar-refractivity contribution >= 4 is 0 Å². The Bertz CT molecular complexity index is 227. The highest BCUT2D eigenvalue weighted by molar-refractivity contribution is 5.05. The summed E-state index contributed by atoms with van der Waals surface area (Å²) in [5.74, 6) is 3.96. The largest absolute Gasteiger partial charge is 0.306 e. The second kappa shape index (κ2) is 5.71. The first-order chi connectivity index (χ1) is 8.11. The van der Waals surface area contributed by atoms with E-state index >= 15 is 0 Å². The number of nitrogens with zero attached hydrogens (tertiary/aromatic N) is 2. The molecule has 2 rings (SSSR count). The maximum atomic E-state index is 2.73. The van der Waals surface area contributed by atoms with Gasteiger partial charge in [-0.2, -0.15) is 0 Å². The smallest absolute Gasteiger partial charge is 0.00161 e. The van der Waals surface area contributed by atoms with Crippen molar-refractivity contribution in [1.29, 1.82) is 0 Å². The van der Waals surface area contributed by atoms with E-state index in [0.717, 1.165) is 23.7 Å². The minimum atomic E-state index is 0.846. The molecule has 2 unspecified atom stereocenters. The average molecular weight is 238 g/mol. The number of piperidine rings is 1. The van der Waals surface area contributed by atoms with Crippen molar-refractivity contribution in [2.75, 3.05) is 39.8 Å². The molecule has 0 radical (unpaired) electrons. The Labute approximate surface area is 107 Å². The summed E-state index contributed by atoms with van der Waals surface area (Å²) in [5.41, 5.74) is 0. The Balaban J connectivity index is 1.71. The van der Waals surface area contributed by atoms with Crippen LogP contribution in [0.5, 0.6) is 0 Å². The highest BCUT2D eigenvalue weighted by atomic mass is 15.2. The molecule has 0 N–H and O–H groups in total. The predicted molar refractivity (Wildman–Crippen MR) is 74.2 cm³/mol. The van der Waals surface area contributed by atoms with Crippen molar-refractivity contribution in [2.45, 2.75) is 33.6 Å². The minimum absolute atomic E-state index is 0.846. The van der Waals surface area contributed by atoms with Gasteiger partial charge >= 0.3 is 0 Å². The van der Waals surface area contributed by atoms with Crippen molar-refractivity contribution in [3.8, 4) is 0 Å². The Morgan fingerprint density at radius 2 is 1.82 bits per heavy atom. The van der Waals surface area contributed by atoms with Gasteiger partial charge in [-0.15, -0.1) is 0 Å². The van der Waals surface area contributed by atoms with Crippen molar-refractivity contribution in [3.63, 3.8) is 0 Å². The third-order valence-corrected chi connectivity index (χ3v) is 4.59. The highest BCUT2D eigenvalue weighted by Crippen LogP contribution is 2.51. The van der Waals surface area contributed by atoms with Crippen LogP contribution in [0.15, 0.2) is 0 Å². The van der Waals surface area contributed by atoms with Crippen molar-refractivity contribution < 1.29 is 0 Å². The zero-order valence-electron chi connectivity index (χ0n) is 12.2. The van der Waals surface area contributed by atoms with Crippen molar-refractivity contribution in [1.82, 2.24) is 9.80 Å². The van der Waals surface area contributed by atoms with Crippen LogP contribution in [0.4, 0.5) is 0 Å². The summed E-state index contributed by atoms with van der Waals surface area (Å²) in [6.45, 7) is 13.7. The zero-order chi connectivity index (χ0) is 12.4. The molecule has 100 valence electrons. The van der Waals surface area contributed by atoms with Crippen LogP contribution in [0.1, 0.15) is 33.6 Å². The van der Waals surface area contributed by atoms with E-state index < -0.39 is 0 Å². The van der Waals surface area contributed by atoms with Crippen LogP contribution >= 0.6 is 0 Å². The minimum Gasteiger partial charge on any atom is -0.306 e. The molecule has 0 aromatic carbocycles. The molecular weight excluding hydrogens is 208 g/mol. The highest BCUT2D eigenvalue weighted by Gasteiger charge is 2.54. The lowest BCUT2D eigenvalue weighted by Gasteiger charge is -2.24. The van der Waals surface area contributed by atoms with E-state index in [0.29, 0.717) is 0 Å². The SMILES string of the molecule is CCCN(CCC(C)C)CC1C2CN(C)CC21. The normalized spacial score (nSPS) is 32.5. The summed E-state index contributed by atoms with van der Waals surface area (Å²) >= 11 is 0. The molecule has 2 heteroatoms. The quantitative estimate of drug-likeness (QED) is 0.672. The Morgan fingerprint density at radius 1 is 1.18 bits per heavy atom. The van der Waals surface area contributed by atoms with Gasteiger partial charge in [0.15, 0.2) is 0 Å². The van der Waals surface area contributed by atoms with Crippen LogP contribution in [-0.4, -0.2) is 49.6 Å². The summed E-state index contributed by atoms with van der Waals surface area (Å²) in [6, 6.07) is 0. The second-order valence-electron chi connectivity index (χ2n) is 6.70. The molecule has 1 saturated carbocycles. The van der Waals surface area contributed by atoms with E-state index in [4.69, 9.17) is 0 Å². The topological polar surface area (TPSA) is 6.48 Å². The van der Waals surface area contributed by atoms with Crippen LogP contribution in [0, 0.1) is 23.7 Å². The first kappa shape index (κ1) is 13.4. The molecule has 1 heterocycles. The molecule has 0 spiro atoms. The van der Waals surface area contributed by atoms with Gasteiger partial charge in [0, 0.05) is 19.6 Å². The van der Waals surface area contributed by atoms with Gasteiger partial charge in [0.05, 0.1) is 0 Å². The molecule has 2 nitrogen and oxygen atoms in total. The van der Waals surface area contributed by atoms with Gasteiger partial charge in [0.1, 0.15) is 0 Å². The third kappa shape index (κ3) is 3.45. The fraction of sp³-hybridized carbons (Fsp3) is 1.00. The molecule has 0 aromatic heterocycles. The summed E-state index contributed by atoms with van der Waals surface area (Å²) < 4.78 is 0. The third-order valence-electron chi connectivity index (χ3n) is 4.59. The molecule has 0 aromatic rings. The number of fused-ring (bicyclic) bond motifs is 1. The van der Waals surface area contributed by atoms with Gasteiger partial charge in [-0.1, -0.05) is 20.8 Å². The summed E-state index contributed by atoms with van der Waals surface area (Å²) in [7, 11) is 2.27. The van der Waals surface area contributed by atoms with Crippen molar-refractivity contribution in [2.24, 2.45) is 23.7 Å². The lowest BCUT2D eigenvalue weighted by molar-refractivity contribution is 0.225. The van der Waals surface area contributed by atoms with Gasteiger partial charge in [-0.3, -0.25) is 0 Å². The van der Waals surface area contributed by atoms with E-state index in [9.17, 15) is 0 Å². The van der Waals surface area contributed by atoms with Gasteiger partial charge in [0.25, 0.3) is 0 Å². The van der Waals surface area contributed by atoms with E-state index in [1.54, 1.807) is 0 Å². The summed E-state index contributed by atoms with van der Waals surface area (Å²) in [6.07, 6.45) is 2.67. The van der Waals surface area contributed by atoms with Crippen LogP contribution < -0.4 is 0 Å². The maximum absolute atomic E-state index is 2.73. The van der Waals surface area contributed by atoms with Gasteiger partial charge in [-0.05, 0) is 56.7 Å². The first-order valence-corrected chi connectivity index (χ1v) is 7.52. The predicted octanol–water partition coefficient (Wildman–Crippen LogP) is 2.55. The van der Waals surface area contributed by atoms with E-state index in [1.165, 1.54) is 45.6 Å². The molecule has 0 bridgehead atoms. The van der Waals surface area contributed by atoms with Gasteiger partial charge in [-0.25, -0.2) is 0 Å². The molecule has 2 aliphatic rings. The number of hydrogen-bond donors (Lipinski definition) is 0. The zero-order valence-corrected chi connectivity index (χ0v) is 12.2. The van der Waals surface area contributed by atoms with Crippen LogP contribution in [0.2, 0.25) is 0 Å². The lowest BCUT2D eigenvalue weighted by Crippen LogP contribution is -2.31. The fourth-order valence-corrected chi connectivity index (χ4v) is 3.48. The van der Waals surface area contributed by atoms with Crippen LogP contribution in [0.25, 0.3) is 0 Å². The Kier molecular flexibility index (Phi) is 4.48. The van der Waals surface area contributed by atoms with E-state index in [2.05, 4.69) is 37.6 Å². The second-order valence-corrected chi connectivity index (χ2v) is 6.70. The van der Waals surface area contributed by atoms with Gasteiger partial charge < -0.3 is 9.80 Å². The first-order valence-electron chi connectivity index (χ1n) is 7.52. The molecule has 1 aliphatic carbocycles. The lowest BCUT2D eigenvalue weighted by atomic mass is 10.1. The number of likely N-dealkylation sites (tertiary alicyclic amines) is 1. The molecule has 0 amide bonds. The van der Waals surface area contributed by atoms with Gasteiger partial charge in [0.2, 0.25) is 0 Å². The molecule has 1 saturated heterocycles. The number of hydrogen-bond acceptors (Lipinski definition) is 2. The van der Waals surface area contributed by atoms with E-state index in [-0.39, 0.29) is 0 Å². The molecule has 1 aliphatic heterocycles. The fourth-order valence-electron chi connectivity index (χ4n) is 3.48. The Morgan fingerprint density at radius 3 is 2.35 bits per heavy atom. The van der Waals surface area contributed by atoms with E-state index in [1.807, 2.05) is 0 Å². The molecule has 2 fully saturated rings. The monoisotopic (exact) mass is 238 g/mol. The Hall–Kier alpha value is -0.0800. The summed E-state index contributed by atoms with van der Waals surface area (Å²) in [4.78, 5) is 5.23. The summed E-state index contributed by atoms with van der Waals surface area (Å²) in [5, 5.41) is 0. The van der Waals surface area contributed by atoms with Crippen LogP contribution in [-0.2, 0) is 0 Å². The molecule has 17 heavy (non-hydrogen) atoms. The average Bonchev–Trinajstić information content (AvgIpc) is 2.72.